The Kier molecular flexibility index (Phi) is 2.26. The van der Waals surface area contributed by atoms with Crippen molar-refractivity contribution >= 4 is 12.0 Å². The Morgan fingerprint density at radius 3 is 2.09 bits per heavy atom. The van der Waals surface area contributed by atoms with Crippen LogP contribution in [0.2, 0.25) is 0 Å². The topological polar surface area (TPSA) is 20.3 Å². The second-order valence-corrected chi connectivity index (χ2v) is 2.60. The van der Waals surface area contributed by atoms with Gasteiger partial charge in [-0.1, -0.05) is 0 Å². The van der Waals surface area contributed by atoms with E-state index in [2.05, 4.69) is 0 Å². The predicted octanol–water partition coefficient (Wildman–Crippen LogP) is 1.57. The molecule has 58 valence electrons. The van der Waals surface area contributed by atoms with Crippen LogP contribution < -0.4 is 4.90 Å². The number of benzene rings is 1. The summed E-state index contributed by atoms with van der Waals surface area (Å²) >= 11 is 0. The Bertz CT molecular complexity index is 238. The minimum absolute atomic E-state index is 0.718. The third-order valence-corrected chi connectivity index (χ3v) is 1.55. The lowest BCUT2D eigenvalue weighted by molar-refractivity contribution is 0.112. The molecule has 0 aromatic heterocycles. The highest BCUT2D eigenvalue weighted by Crippen LogP contribution is 2.10. The molecule has 0 aliphatic rings. The number of nitrogens with zero attached hydrogens (tertiary/aromatic N) is 1. The summed E-state index contributed by atoms with van der Waals surface area (Å²) in [7, 11) is 3.94. The van der Waals surface area contributed by atoms with Gasteiger partial charge in [-0.15, -0.1) is 0 Å². The van der Waals surface area contributed by atoms with Crippen molar-refractivity contribution in [3.63, 3.8) is 0 Å². The molecule has 0 aliphatic heterocycles. The van der Waals surface area contributed by atoms with Crippen LogP contribution in [0.1, 0.15) is 10.4 Å². The molecule has 1 aromatic carbocycles. The fraction of sp³-hybridized carbons (Fsp3) is 0.222. The zero-order chi connectivity index (χ0) is 8.27. The van der Waals surface area contributed by atoms with E-state index in [0.717, 1.165) is 17.5 Å². The second-order valence-electron chi connectivity index (χ2n) is 2.60. The van der Waals surface area contributed by atoms with Crippen molar-refractivity contribution in [3.8, 4) is 0 Å². The fourth-order valence-corrected chi connectivity index (χ4v) is 0.851. The Morgan fingerprint density at radius 2 is 1.73 bits per heavy atom. The Hall–Kier alpha value is -1.31. The normalized spacial score (nSPS) is 9.27. The molecule has 0 heterocycles. The summed E-state index contributed by atoms with van der Waals surface area (Å²) in [5.74, 6) is 0. The van der Waals surface area contributed by atoms with Gasteiger partial charge in [-0.25, -0.2) is 0 Å². The van der Waals surface area contributed by atoms with Gasteiger partial charge in [-0.3, -0.25) is 4.79 Å². The molecule has 1 aromatic rings. The van der Waals surface area contributed by atoms with Gasteiger partial charge >= 0.3 is 0 Å². The zero-order valence-electron chi connectivity index (χ0n) is 6.74. The standard InChI is InChI=1S/C9H11NO/c1-10(2)9-5-3-8(7-11)4-6-9/h3-7H,1-2H3/i11+2. The molecule has 0 fully saturated rings. The number of hydrogen-bond donors (Lipinski definition) is 0. The molecule has 2 nitrogen and oxygen atoms in total. The summed E-state index contributed by atoms with van der Waals surface area (Å²) in [6.07, 6.45) is 0.847. The second kappa shape index (κ2) is 3.19. The first kappa shape index (κ1) is 7.79. The van der Waals surface area contributed by atoms with Crippen LogP contribution in [0.25, 0.3) is 0 Å². The molecule has 0 bridgehead atoms. The lowest BCUT2D eigenvalue weighted by atomic mass is 10.2. The van der Waals surface area contributed by atoms with Gasteiger partial charge in [0, 0.05) is 25.3 Å². The molecule has 0 aliphatic carbocycles. The number of rotatable bonds is 2. The van der Waals surface area contributed by atoms with E-state index in [0.29, 0.717) is 0 Å². The van der Waals surface area contributed by atoms with Crippen LogP contribution in [-0.4, -0.2) is 20.4 Å². The lowest BCUT2D eigenvalue weighted by Crippen LogP contribution is -2.08. The third kappa shape index (κ3) is 1.80. The molecule has 0 spiro atoms. The van der Waals surface area contributed by atoms with Gasteiger partial charge < -0.3 is 4.90 Å². The third-order valence-electron chi connectivity index (χ3n) is 1.55. The van der Waals surface area contributed by atoms with Crippen LogP contribution in [0.5, 0.6) is 0 Å². The van der Waals surface area contributed by atoms with Crippen molar-refractivity contribution in [2.75, 3.05) is 19.0 Å². The van der Waals surface area contributed by atoms with E-state index >= 15 is 0 Å². The summed E-state index contributed by atoms with van der Waals surface area (Å²) in [6.45, 7) is 0. The fourth-order valence-electron chi connectivity index (χ4n) is 0.851. The minimum atomic E-state index is 0.718. The van der Waals surface area contributed by atoms with Crippen LogP contribution in [0.3, 0.4) is 0 Å². The Labute approximate surface area is 66.4 Å². The van der Waals surface area contributed by atoms with Crippen molar-refractivity contribution in [2.45, 2.75) is 0 Å². The molecule has 0 saturated carbocycles. The van der Waals surface area contributed by atoms with E-state index in [4.69, 9.17) is 0 Å². The Morgan fingerprint density at radius 1 is 1.18 bits per heavy atom. The van der Waals surface area contributed by atoms with Crippen molar-refractivity contribution in [3.05, 3.63) is 29.8 Å². The first-order valence-electron chi connectivity index (χ1n) is 3.46. The van der Waals surface area contributed by atoms with Gasteiger partial charge in [0.25, 0.3) is 0 Å². The predicted molar refractivity (Wildman–Crippen MR) is 46.2 cm³/mol. The quantitative estimate of drug-likeness (QED) is 0.472. The van der Waals surface area contributed by atoms with E-state index in [9.17, 15) is 4.79 Å². The van der Waals surface area contributed by atoms with E-state index in [1.54, 1.807) is 0 Å². The summed E-state index contributed by atoms with van der Waals surface area (Å²) in [5.41, 5.74) is 1.83. The van der Waals surface area contributed by atoms with Gasteiger partial charge in [0.15, 0.2) is 0 Å². The maximum atomic E-state index is 10.3. The van der Waals surface area contributed by atoms with Crippen LogP contribution >= 0.6 is 0 Å². The van der Waals surface area contributed by atoms with Gasteiger partial charge in [-0.2, -0.15) is 0 Å². The highest BCUT2D eigenvalue weighted by Gasteiger charge is 1.93. The first-order chi connectivity index (χ1) is 5.24. The molecule has 11 heavy (non-hydrogen) atoms. The van der Waals surface area contributed by atoms with Crippen LogP contribution in [0, 0.1) is 0 Å². The summed E-state index contributed by atoms with van der Waals surface area (Å²) < 4.78 is 0. The van der Waals surface area contributed by atoms with Crippen LogP contribution in [-0.2, 0) is 0 Å². The average molecular weight is 151 g/mol. The van der Waals surface area contributed by atoms with Crippen LogP contribution in [0.4, 0.5) is 5.69 Å². The first-order valence-corrected chi connectivity index (χ1v) is 3.46. The molecule has 1 rings (SSSR count). The average Bonchev–Trinajstić information content (AvgIpc) is 2.05. The van der Waals surface area contributed by atoms with Gasteiger partial charge in [0.05, 0.1) is 0 Å². The smallest absolute Gasteiger partial charge is 0.150 e. The number of carbonyl (C=O) groups is 1. The number of carbonyl (C=O) groups excluding carboxylic acids is 1. The monoisotopic (exact) mass is 151 g/mol. The maximum absolute atomic E-state index is 10.3. The van der Waals surface area contributed by atoms with E-state index < -0.39 is 0 Å². The van der Waals surface area contributed by atoms with Crippen molar-refractivity contribution in [1.82, 2.24) is 0 Å². The highest BCUT2D eigenvalue weighted by atomic mass is 18.1. The molecule has 0 atom stereocenters. The zero-order valence-corrected chi connectivity index (χ0v) is 6.74. The Balaban J connectivity index is 2.91. The highest BCUT2D eigenvalue weighted by molar-refractivity contribution is 5.75. The molecule has 2 heteroatoms. The SMILES string of the molecule is CN(C)c1ccc(C=[18O])cc1. The number of hydrogen-bond acceptors (Lipinski definition) is 2. The van der Waals surface area contributed by atoms with Crippen LogP contribution in [0.15, 0.2) is 24.3 Å². The van der Waals surface area contributed by atoms with Crippen molar-refractivity contribution in [2.24, 2.45) is 0 Å². The molecule has 0 saturated heterocycles. The van der Waals surface area contributed by atoms with E-state index in [1.807, 2.05) is 43.3 Å². The number of anilines is 1. The molecule has 0 amide bonds. The molecule has 0 N–H and O–H groups in total. The van der Waals surface area contributed by atoms with Gasteiger partial charge in [-0.05, 0) is 24.3 Å². The minimum Gasteiger partial charge on any atom is -0.378 e. The molecule has 0 radical (unpaired) electrons. The summed E-state index contributed by atoms with van der Waals surface area (Å²) in [4.78, 5) is 12.3. The van der Waals surface area contributed by atoms with Gasteiger partial charge in [0.2, 0.25) is 0 Å². The van der Waals surface area contributed by atoms with Gasteiger partial charge in [0.1, 0.15) is 6.29 Å². The molecular weight excluding hydrogens is 140 g/mol. The van der Waals surface area contributed by atoms with E-state index in [-0.39, 0.29) is 0 Å². The maximum Gasteiger partial charge on any atom is 0.150 e. The van der Waals surface area contributed by atoms with Crippen molar-refractivity contribution in [1.29, 1.82) is 0 Å². The summed E-state index contributed by atoms with van der Waals surface area (Å²) in [5, 5.41) is 0. The summed E-state index contributed by atoms with van der Waals surface area (Å²) in [6, 6.07) is 7.46. The largest absolute Gasteiger partial charge is 0.378 e. The van der Waals surface area contributed by atoms with E-state index in [1.165, 1.54) is 0 Å². The molecule has 0 unspecified atom stereocenters. The lowest BCUT2D eigenvalue weighted by Gasteiger charge is -2.11. The van der Waals surface area contributed by atoms with Crippen molar-refractivity contribution < 1.29 is 4.79 Å². The number of aldehydes is 1. The molecular formula is C9H11NO.